The van der Waals surface area contributed by atoms with Crippen molar-refractivity contribution in [1.29, 1.82) is 0 Å². The van der Waals surface area contributed by atoms with Gasteiger partial charge in [-0.2, -0.15) is 0 Å². The number of esters is 1. The van der Waals surface area contributed by atoms with Gasteiger partial charge in [-0.1, -0.05) is 224 Å². The molecule has 0 aliphatic heterocycles. The number of aliphatic hydroxyl groups excluding tert-OH is 2. The van der Waals surface area contributed by atoms with Gasteiger partial charge in [-0.25, -0.2) is 0 Å². The summed E-state index contributed by atoms with van der Waals surface area (Å²) in [6, 6.07) is -0.707. The molecular weight excluding hydrogens is 767 g/mol. The van der Waals surface area contributed by atoms with Gasteiger partial charge < -0.3 is 20.3 Å². The second-order valence-electron chi connectivity index (χ2n) is 18.6. The summed E-state index contributed by atoms with van der Waals surface area (Å²) in [5.74, 6) is -0.496. The van der Waals surface area contributed by atoms with Crippen molar-refractivity contribution < 1.29 is 24.5 Å². The summed E-state index contributed by atoms with van der Waals surface area (Å²) in [7, 11) is 0. The van der Waals surface area contributed by atoms with Crippen LogP contribution in [0.25, 0.3) is 0 Å². The molecule has 0 spiro atoms. The minimum Gasteiger partial charge on any atom is -0.462 e. The molecule has 62 heavy (non-hydrogen) atoms. The average Bonchev–Trinajstić information content (AvgIpc) is 3.26. The Kier molecular flexibility index (Phi) is 48.5. The second kappa shape index (κ2) is 50.1. The van der Waals surface area contributed by atoms with E-state index in [1.54, 1.807) is 0 Å². The minimum absolute atomic E-state index is 0.0647. The van der Waals surface area contributed by atoms with Crippen LogP contribution in [0.15, 0.2) is 36.5 Å². The number of allylic oxidation sites excluding steroid dienone is 6. The van der Waals surface area contributed by atoms with E-state index in [9.17, 15) is 19.8 Å². The molecule has 6 heteroatoms. The Bertz CT molecular complexity index is 1020. The van der Waals surface area contributed by atoms with Crippen molar-refractivity contribution in [2.24, 2.45) is 0 Å². The Balaban J connectivity index is 4.60. The van der Waals surface area contributed by atoms with Crippen LogP contribution in [0.1, 0.15) is 284 Å². The van der Waals surface area contributed by atoms with Crippen LogP contribution in [0, 0.1) is 0 Å². The molecule has 0 bridgehead atoms. The van der Waals surface area contributed by atoms with Gasteiger partial charge in [0, 0.05) is 6.42 Å². The van der Waals surface area contributed by atoms with Gasteiger partial charge in [0.15, 0.2) is 0 Å². The molecule has 1 amide bonds. The number of carbonyl (C=O) groups excluding carboxylic acids is 2. The molecule has 6 nitrogen and oxygen atoms in total. The predicted molar refractivity (Wildman–Crippen MR) is 269 cm³/mol. The van der Waals surface area contributed by atoms with Crippen LogP contribution in [-0.4, -0.2) is 46.9 Å². The van der Waals surface area contributed by atoms with Crippen LogP contribution in [0.3, 0.4) is 0 Å². The summed E-state index contributed by atoms with van der Waals surface area (Å²) in [6.45, 7) is 6.47. The predicted octanol–water partition coefficient (Wildman–Crippen LogP) is 16.5. The quantitative estimate of drug-likeness (QED) is 0.0321. The topological polar surface area (TPSA) is 95.9 Å². The molecule has 0 aromatic carbocycles. The zero-order chi connectivity index (χ0) is 45.2. The third-order valence-electron chi connectivity index (χ3n) is 12.4. The molecule has 0 radical (unpaired) electrons. The van der Waals surface area contributed by atoms with Gasteiger partial charge in [-0.15, -0.1) is 0 Å². The smallest absolute Gasteiger partial charge is 0.306 e. The van der Waals surface area contributed by atoms with E-state index in [0.717, 1.165) is 77.0 Å². The zero-order valence-corrected chi connectivity index (χ0v) is 41.5. The van der Waals surface area contributed by atoms with Crippen molar-refractivity contribution in [3.63, 3.8) is 0 Å². The van der Waals surface area contributed by atoms with Crippen molar-refractivity contribution >= 4 is 11.9 Å². The van der Waals surface area contributed by atoms with Crippen molar-refractivity contribution in [3.8, 4) is 0 Å². The van der Waals surface area contributed by atoms with Crippen LogP contribution >= 0.6 is 0 Å². The van der Waals surface area contributed by atoms with Crippen LogP contribution < -0.4 is 5.32 Å². The molecule has 0 heterocycles. The highest BCUT2D eigenvalue weighted by molar-refractivity contribution is 5.77. The highest BCUT2D eigenvalue weighted by Crippen LogP contribution is 2.18. The molecule has 364 valence electrons. The Morgan fingerprint density at radius 2 is 0.823 bits per heavy atom. The molecule has 3 N–H and O–H groups in total. The van der Waals surface area contributed by atoms with E-state index in [2.05, 4.69) is 62.5 Å². The number of nitrogens with one attached hydrogen (secondary N) is 1. The lowest BCUT2D eigenvalue weighted by Crippen LogP contribution is -2.46. The van der Waals surface area contributed by atoms with Gasteiger partial charge in [-0.3, -0.25) is 9.59 Å². The molecule has 3 unspecified atom stereocenters. The number of hydrogen-bond acceptors (Lipinski definition) is 5. The van der Waals surface area contributed by atoms with Crippen molar-refractivity contribution in [2.45, 2.75) is 302 Å². The van der Waals surface area contributed by atoms with Gasteiger partial charge in [0.25, 0.3) is 0 Å². The number of rotatable bonds is 49. The third kappa shape index (κ3) is 44.7. The summed E-state index contributed by atoms with van der Waals surface area (Å²) in [5.41, 5.74) is 0. The molecule has 0 aromatic rings. The lowest BCUT2D eigenvalue weighted by atomic mass is 10.0. The number of ether oxygens (including phenoxy) is 1. The molecule has 0 aromatic heterocycles. The first-order valence-electron chi connectivity index (χ1n) is 27.2. The second-order valence-corrected chi connectivity index (χ2v) is 18.6. The number of hydrogen-bond donors (Lipinski definition) is 3. The Hall–Kier alpha value is -1.92. The lowest BCUT2D eigenvalue weighted by Gasteiger charge is -2.24. The Morgan fingerprint density at radius 1 is 0.468 bits per heavy atom. The molecule has 0 fully saturated rings. The summed E-state index contributed by atoms with van der Waals surface area (Å²) >= 11 is 0. The van der Waals surface area contributed by atoms with Crippen LogP contribution in [0.5, 0.6) is 0 Å². The normalized spacial score (nSPS) is 13.4. The van der Waals surface area contributed by atoms with Crippen molar-refractivity contribution in [1.82, 2.24) is 5.32 Å². The number of unbranched alkanes of at least 4 members (excludes halogenated alkanes) is 31. The molecule has 3 atom stereocenters. The first-order valence-corrected chi connectivity index (χ1v) is 27.2. The minimum atomic E-state index is -0.792. The monoisotopic (exact) mass is 872 g/mol. The average molecular weight is 872 g/mol. The molecular formula is C56H105NO5. The molecule has 0 aliphatic carbocycles. The molecule has 0 rings (SSSR count). The lowest BCUT2D eigenvalue weighted by molar-refractivity contribution is -0.151. The Morgan fingerprint density at radius 3 is 1.27 bits per heavy atom. The Labute approximate surface area is 385 Å². The fourth-order valence-electron chi connectivity index (χ4n) is 8.28. The highest BCUT2D eigenvalue weighted by Gasteiger charge is 2.24. The fourth-order valence-corrected chi connectivity index (χ4v) is 8.28. The molecule has 0 saturated carbocycles. The first kappa shape index (κ1) is 60.1. The van der Waals surface area contributed by atoms with Crippen molar-refractivity contribution in [3.05, 3.63) is 36.5 Å². The van der Waals surface area contributed by atoms with Crippen molar-refractivity contribution in [2.75, 3.05) is 6.61 Å². The SMILES string of the molecule is CCCCC/C=C\C/C=C\CCCCCCCC(CC(=O)NC(CO)C(O)CCCCCCCCCCCCCCCC)OC(=O)CCCCC/C=C\CCCCCCCCC. The standard InChI is InChI=1S/C56H105NO5/c1-4-7-10-13-16-19-22-25-28-29-32-35-38-41-44-47-52(62-56(61)49-46-43-40-37-34-31-27-24-21-18-15-12-9-6-3)50-55(60)57-53(51-58)54(59)48-45-42-39-36-33-30-26-23-20-17-14-11-8-5-2/h16,19,25,28,31,34,52-54,58-59H,4-15,17-18,20-24,26-27,29-30,32-33,35-51H2,1-3H3,(H,57,60)/b19-16-,28-25-,34-31-. The van der Waals surface area contributed by atoms with E-state index >= 15 is 0 Å². The fraction of sp³-hybridized carbons (Fsp3) is 0.857. The van der Waals surface area contributed by atoms with E-state index in [4.69, 9.17) is 4.74 Å². The number of carbonyl (C=O) groups is 2. The van der Waals surface area contributed by atoms with Gasteiger partial charge in [-0.05, 0) is 83.5 Å². The summed E-state index contributed by atoms with van der Waals surface area (Å²) in [5, 5.41) is 23.8. The maximum atomic E-state index is 13.2. The van der Waals surface area contributed by atoms with E-state index in [0.29, 0.717) is 19.3 Å². The van der Waals surface area contributed by atoms with Gasteiger partial charge in [0.05, 0.1) is 25.2 Å². The largest absolute Gasteiger partial charge is 0.462 e. The van der Waals surface area contributed by atoms with E-state index in [1.165, 1.54) is 161 Å². The van der Waals surface area contributed by atoms with Gasteiger partial charge in [0.2, 0.25) is 5.91 Å². The highest BCUT2D eigenvalue weighted by atomic mass is 16.5. The van der Waals surface area contributed by atoms with Crippen LogP contribution in [0.2, 0.25) is 0 Å². The maximum Gasteiger partial charge on any atom is 0.306 e. The van der Waals surface area contributed by atoms with E-state index in [-0.39, 0.29) is 24.9 Å². The number of aliphatic hydroxyl groups is 2. The van der Waals surface area contributed by atoms with E-state index in [1.807, 2.05) is 0 Å². The summed E-state index contributed by atoms with van der Waals surface area (Å²) in [4.78, 5) is 26.2. The number of amides is 1. The third-order valence-corrected chi connectivity index (χ3v) is 12.4. The summed E-state index contributed by atoms with van der Waals surface area (Å²) < 4.78 is 5.93. The summed E-state index contributed by atoms with van der Waals surface area (Å²) in [6.07, 6.45) is 59.1. The van der Waals surface area contributed by atoms with Gasteiger partial charge in [0.1, 0.15) is 6.10 Å². The molecule has 0 aliphatic rings. The zero-order valence-electron chi connectivity index (χ0n) is 41.5. The van der Waals surface area contributed by atoms with Crippen LogP contribution in [-0.2, 0) is 14.3 Å². The maximum absolute atomic E-state index is 13.2. The van der Waals surface area contributed by atoms with Crippen LogP contribution in [0.4, 0.5) is 0 Å². The molecule has 0 saturated heterocycles. The van der Waals surface area contributed by atoms with Gasteiger partial charge >= 0.3 is 5.97 Å². The first-order chi connectivity index (χ1) is 30.5. The van der Waals surface area contributed by atoms with E-state index < -0.39 is 18.2 Å².